The second-order valence-corrected chi connectivity index (χ2v) is 4.34. The number of benzene rings is 1. The molecule has 1 unspecified atom stereocenters. The maximum absolute atomic E-state index is 11.2. The Hall–Kier alpha value is -1.95. The molecule has 0 bridgehead atoms. The maximum atomic E-state index is 11.2. The van der Waals surface area contributed by atoms with Gasteiger partial charge in [0, 0.05) is 18.2 Å². The van der Waals surface area contributed by atoms with Crippen molar-refractivity contribution >= 4 is 11.7 Å². The number of nitrogens with zero attached hydrogens (tertiary/aromatic N) is 1. The first-order valence-electron chi connectivity index (χ1n) is 5.84. The molecule has 1 aromatic rings. The van der Waals surface area contributed by atoms with Crippen molar-refractivity contribution in [3.05, 3.63) is 39.4 Å². The average molecular weight is 250 g/mol. The monoisotopic (exact) mass is 250 g/mol. The van der Waals surface area contributed by atoms with E-state index in [0.717, 1.165) is 31.9 Å². The summed E-state index contributed by atoms with van der Waals surface area (Å²) in [4.78, 5) is 21.3. The van der Waals surface area contributed by atoms with Gasteiger partial charge in [-0.3, -0.25) is 10.1 Å². The second kappa shape index (κ2) is 5.14. The Morgan fingerprint density at radius 2 is 2.22 bits per heavy atom. The summed E-state index contributed by atoms with van der Waals surface area (Å²) < 4.78 is 0. The van der Waals surface area contributed by atoms with Crippen LogP contribution in [0.25, 0.3) is 0 Å². The average Bonchev–Trinajstić information content (AvgIpc) is 2.39. The Bertz CT molecular complexity index is 481. The fraction of sp³-hybridized carbons (Fsp3) is 0.417. The van der Waals surface area contributed by atoms with E-state index in [-0.39, 0.29) is 17.3 Å². The van der Waals surface area contributed by atoms with E-state index in [0.29, 0.717) is 5.56 Å². The van der Waals surface area contributed by atoms with Crippen molar-refractivity contribution in [2.75, 3.05) is 6.54 Å². The SMILES string of the molecule is O=C(O)c1cc([N+](=O)[O-])ccc1C1CCCCN1. The van der Waals surface area contributed by atoms with Gasteiger partial charge in [-0.05, 0) is 31.0 Å². The topological polar surface area (TPSA) is 92.5 Å². The summed E-state index contributed by atoms with van der Waals surface area (Å²) >= 11 is 0. The highest BCUT2D eigenvalue weighted by molar-refractivity contribution is 5.90. The number of piperidine rings is 1. The maximum Gasteiger partial charge on any atom is 0.336 e. The molecular formula is C12H14N2O4. The van der Waals surface area contributed by atoms with Crippen molar-refractivity contribution in [1.29, 1.82) is 0 Å². The highest BCUT2D eigenvalue weighted by atomic mass is 16.6. The summed E-state index contributed by atoms with van der Waals surface area (Å²) in [6.45, 7) is 0.848. The van der Waals surface area contributed by atoms with E-state index >= 15 is 0 Å². The summed E-state index contributed by atoms with van der Waals surface area (Å²) in [5.74, 6) is -1.12. The smallest absolute Gasteiger partial charge is 0.336 e. The summed E-state index contributed by atoms with van der Waals surface area (Å²) in [6, 6.07) is 4.02. The summed E-state index contributed by atoms with van der Waals surface area (Å²) in [5.41, 5.74) is 0.461. The fourth-order valence-corrected chi connectivity index (χ4v) is 2.26. The van der Waals surface area contributed by atoms with Crippen LogP contribution < -0.4 is 5.32 Å². The highest BCUT2D eigenvalue weighted by Crippen LogP contribution is 2.28. The molecule has 1 aliphatic rings. The van der Waals surface area contributed by atoms with Crippen LogP contribution in [0.15, 0.2) is 18.2 Å². The molecule has 2 rings (SSSR count). The van der Waals surface area contributed by atoms with E-state index in [1.807, 2.05) is 0 Å². The van der Waals surface area contributed by atoms with Gasteiger partial charge in [-0.25, -0.2) is 4.79 Å². The molecule has 0 amide bonds. The van der Waals surface area contributed by atoms with Crippen molar-refractivity contribution in [3.63, 3.8) is 0 Å². The van der Waals surface area contributed by atoms with E-state index in [2.05, 4.69) is 5.32 Å². The van der Waals surface area contributed by atoms with Gasteiger partial charge in [0.1, 0.15) is 0 Å². The zero-order valence-corrected chi connectivity index (χ0v) is 9.76. The number of rotatable bonds is 3. The Kier molecular flexibility index (Phi) is 3.57. The van der Waals surface area contributed by atoms with E-state index in [9.17, 15) is 14.9 Å². The Labute approximate surface area is 104 Å². The van der Waals surface area contributed by atoms with Gasteiger partial charge in [0.15, 0.2) is 0 Å². The van der Waals surface area contributed by atoms with E-state index in [4.69, 9.17) is 5.11 Å². The number of carboxylic acids is 1. The van der Waals surface area contributed by atoms with Crippen LogP contribution in [-0.2, 0) is 0 Å². The summed E-state index contributed by atoms with van der Waals surface area (Å²) in [6.07, 6.45) is 2.97. The van der Waals surface area contributed by atoms with Gasteiger partial charge >= 0.3 is 5.97 Å². The van der Waals surface area contributed by atoms with Crippen molar-refractivity contribution in [3.8, 4) is 0 Å². The largest absolute Gasteiger partial charge is 0.478 e. The number of carboxylic acid groups (broad SMARTS) is 1. The van der Waals surface area contributed by atoms with Gasteiger partial charge in [0.25, 0.3) is 5.69 Å². The number of aromatic carboxylic acids is 1. The number of nitro groups is 1. The zero-order valence-electron chi connectivity index (χ0n) is 9.76. The Morgan fingerprint density at radius 3 is 2.78 bits per heavy atom. The van der Waals surface area contributed by atoms with E-state index in [1.54, 1.807) is 6.07 Å². The van der Waals surface area contributed by atoms with Gasteiger partial charge in [-0.15, -0.1) is 0 Å². The van der Waals surface area contributed by atoms with Gasteiger partial charge < -0.3 is 10.4 Å². The normalized spacial score (nSPS) is 19.4. The molecule has 0 saturated carbocycles. The minimum absolute atomic E-state index is 0.0172. The van der Waals surface area contributed by atoms with Crippen LogP contribution in [0.2, 0.25) is 0 Å². The molecule has 1 saturated heterocycles. The quantitative estimate of drug-likeness (QED) is 0.633. The standard InChI is InChI=1S/C12H14N2O4/c15-12(16)10-7-8(14(17)18)4-5-9(10)11-3-1-2-6-13-11/h4-5,7,11,13H,1-3,6H2,(H,15,16). The number of hydrogen-bond donors (Lipinski definition) is 2. The highest BCUT2D eigenvalue weighted by Gasteiger charge is 2.23. The van der Waals surface area contributed by atoms with Crippen LogP contribution in [0.1, 0.15) is 41.2 Å². The van der Waals surface area contributed by atoms with Crippen LogP contribution in [0, 0.1) is 10.1 Å². The minimum atomic E-state index is -1.12. The molecule has 1 fully saturated rings. The van der Waals surface area contributed by atoms with E-state index < -0.39 is 10.9 Å². The molecule has 0 aromatic heterocycles. The van der Waals surface area contributed by atoms with Crippen molar-refractivity contribution < 1.29 is 14.8 Å². The van der Waals surface area contributed by atoms with Crippen LogP contribution in [0.5, 0.6) is 0 Å². The lowest BCUT2D eigenvalue weighted by Gasteiger charge is -2.24. The first-order valence-corrected chi connectivity index (χ1v) is 5.84. The van der Waals surface area contributed by atoms with Gasteiger partial charge in [0.2, 0.25) is 0 Å². The molecule has 1 atom stereocenters. The predicted octanol–water partition coefficient (Wildman–Crippen LogP) is 2.11. The first kappa shape index (κ1) is 12.5. The van der Waals surface area contributed by atoms with Crippen molar-refractivity contribution in [2.24, 2.45) is 0 Å². The molecule has 1 heterocycles. The van der Waals surface area contributed by atoms with Crippen LogP contribution in [-0.4, -0.2) is 22.5 Å². The van der Waals surface area contributed by atoms with Gasteiger partial charge in [0.05, 0.1) is 10.5 Å². The predicted molar refractivity (Wildman–Crippen MR) is 64.7 cm³/mol. The molecule has 6 heteroatoms. The molecule has 18 heavy (non-hydrogen) atoms. The van der Waals surface area contributed by atoms with Gasteiger partial charge in [-0.2, -0.15) is 0 Å². The molecule has 6 nitrogen and oxygen atoms in total. The lowest BCUT2D eigenvalue weighted by Crippen LogP contribution is -2.28. The minimum Gasteiger partial charge on any atom is -0.478 e. The Balaban J connectivity index is 2.39. The molecule has 1 aromatic carbocycles. The number of nitrogens with one attached hydrogen (secondary N) is 1. The molecule has 0 aliphatic carbocycles. The van der Waals surface area contributed by atoms with Gasteiger partial charge in [-0.1, -0.05) is 6.42 Å². The summed E-state index contributed by atoms with van der Waals surface area (Å²) in [5, 5.41) is 23.1. The van der Waals surface area contributed by atoms with Crippen molar-refractivity contribution in [2.45, 2.75) is 25.3 Å². The second-order valence-electron chi connectivity index (χ2n) is 4.34. The van der Waals surface area contributed by atoms with E-state index in [1.165, 1.54) is 6.07 Å². The molecule has 0 radical (unpaired) electrons. The summed E-state index contributed by atoms with van der Waals surface area (Å²) in [7, 11) is 0. The number of nitro benzene ring substituents is 1. The third-order valence-electron chi connectivity index (χ3n) is 3.16. The fourth-order valence-electron chi connectivity index (χ4n) is 2.26. The van der Waals surface area contributed by atoms with Crippen LogP contribution in [0.4, 0.5) is 5.69 Å². The third kappa shape index (κ3) is 2.48. The molecule has 0 spiro atoms. The molecule has 96 valence electrons. The first-order chi connectivity index (χ1) is 8.59. The van der Waals surface area contributed by atoms with Crippen molar-refractivity contribution in [1.82, 2.24) is 5.32 Å². The van der Waals surface area contributed by atoms with Crippen LogP contribution in [0.3, 0.4) is 0 Å². The molecule has 1 aliphatic heterocycles. The molecular weight excluding hydrogens is 236 g/mol. The zero-order chi connectivity index (χ0) is 13.1. The number of carbonyl (C=O) groups is 1. The third-order valence-corrected chi connectivity index (χ3v) is 3.16. The van der Waals surface area contributed by atoms with Crippen LogP contribution >= 0.6 is 0 Å². The Morgan fingerprint density at radius 1 is 1.44 bits per heavy atom. The number of non-ortho nitro benzene ring substituents is 1. The lowest BCUT2D eigenvalue weighted by molar-refractivity contribution is -0.384. The lowest BCUT2D eigenvalue weighted by atomic mass is 9.93. The molecule has 2 N–H and O–H groups in total. The number of hydrogen-bond acceptors (Lipinski definition) is 4.